The summed E-state index contributed by atoms with van der Waals surface area (Å²) in [5.41, 5.74) is 16.9. The summed E-state index contributed by atoms with van der Waals surface area (Å²) in [6, 6.07) is 20.6. The summed E-state index contributed by atoms with van der Waals surface area (Å²) >= 11 is 0. The van der Waals surface area contributed by atoms with Crippen molar-refractivity contribution in [1.82, 2.24) is 14.9 Å². The average molecular weight is 566 g/mol. The van der Waals surface area contributed by atoms with Crippen molar-refractivity contribution in [3.05, 3.63) is 106 Å². The van der Waals surface area contributed by atoms with Crippen LogP contribution in [0.5, 0.6) is 5.75 Å². The molecule has 0 unspecified atom stereocenters. The Hall–Kier alpha value is -5.12. The zero-order valence-corrected chi connectivity index (χ0v) is 23.7. The number of rotatable bonds is 10. The quantitative estimate of drug-likeness (QED) is 0.112. The summed E-state index contributed by atoms with van der Waals surface area (Å²) < 4.78 is 7.74. The third-order valence-corrected chi connectivity index (χ3v) is 7.08. The van der Waals surface area contributed by atoms with E-state index >= 15 is 0 Å². The maximum absolute atomic E-state index is 13.5. The molecule has 1 amide bonds. The summed E-state index contributed by atoms with van der Waals surface area (Å²) in [5, 5.41) is 13.5. The number of amidine groups is 1. The number of hydrogen-bond acceptors (Lipinski definition) is 7. The highest BCUT2D eigenvalue weighted by molar-refractivity contribution is 5.94. The van der Waals surface area contributed by atoms with Crippen LogP contribution in [0.25, 0.3) is 11.3 Å². The second-order valence-corrected chi connectivity index (χ2v) is 10.8. The number of ether oxygens (including phenoxy) is 1. The fraction of sp³-hybridized carbons (Fsp3) is 0.250. The summed E-state index contributed by atoms with van der Waals surface area (Å²) in [5.74, 6) is 0.374. The summed E-state index contributed by atoms with van der Waals surface area (Å²) in [7, 11) is 0. The number of nitrogens with zero attached hydrogens (tertiary/aromatic N) is 2. The summed E-state index contributed by atoms with van der Waals surface area (Å²) in [6.07, 6.45) is 3.16. The van der Waals surface area contributed by atoms with Crippen LogP contribution in [-0.4, -0.2) is 33.4 Å². The fourth-order valence-electron chi connectivity index (χ4n) is 5.08. The monoisotopic (exact) mass is 565 g/mol. The van der Waals surface area contributed by atoms with E-state index in [0.717, 1.165) is 18.4 Å². The molecule has 10 nitrogen and oxygen atoms in total. The topological polar surface area (TPSA) is 161 Å². The highest BCUT2D eigenvalue weighted by Crippen LogP contribution is 2.30. The van der Waals surface area contributed by atoms with E-state index in [1.165, 1.54) is 15.7 Å². The molecule has 0 fully saturated rings. The van der Waals surface area contributed by atoms with E-state index in [4.69, 9.17) is 21.6 Å². The molecule has 1 aromatic heterocycles. The smallest absolute Gasteiger partial charge is 0.294 e. The molecule has 0 saturated carbocycles. The number of benzene rings is 3. The molecule has 216 valence electrons. The number of amides is 1. The Bertz CT molecular complexity index is 1650. The summed E-state index contributed by atoms with van der Waals surface area (Å²) in [6.45, 7) is 3.85. The Morgan fingerprint density at radius 3 is 2.43 bits per heavy atom. The molecule has 1 heterocycles. The van der Waals surface area contributed by atoms with Gasteiger partial charge >= 0.3 is 0 Å². The van der Waals surface area contributed by atoms with Gasteiger partial charge in [0.15, 0.2) is 5.82 Å². The van der Waals surface area contributed by atoms with Crippen molar-refractivity contribution >= 4 is 23.2 Å². The molecule has 4 aromatic rings. The predicted molar refractivity (Wildman–Crippen MR) is 165 cm³/mol. The largest absolute Gasteiger partial charge is 0.490 e. The zero-order valence-electron chi connectivity index (χ0n) is 23.7. The van der Waals surface area contributed by atoms with Crippen LogP contribution in [0.1, 0.15) is 36.1 Å². The second-order valence-electron chi connectivity index (χ2n) is 10.8. The van der Waals surface area contributed by atoms with Crippen LogP contribution < -0.4 is 32.4 Å². The van der Waals surface area contributed by atoms with E-state index in [1.54, 1.807) is 42.6 Å². The van der Waals surface area contributed by atoms with Crippen LogP contribution in [-0.2, 0) is 30.7 Å². The molecule has 1 aliphatic carbocycles. The van der Waals surface area contributed by atoms with Gasteiger partial charge < -0.3 is 26.8 Å². The van der Waals surface area contributed by atoms with Gasteiger partial charge in [-0.1, -0.05) is 48.5 Å². The molecule has 3 aromatic carbocycles. The number of fused-ring (bicyclic) bond motifs is 1. The molecule has 10 heteroatoms. The average Bonchev–Trinajstić information content (AvgIpc) is 3.36. The van der Waals surface area contributed by atoms with Gasteiger partial charge in [-0.25, -0.2) is 4.98 Å². The Morgan fingerprint density at radius 2 is 1.79 bits per heavy atom. The van der Waals surface area contributed by atoms with Gasteiger partial charge in [-0.2, -0.15) is 0 Å². The minimum Gasteiger partial charge on any atom is -0.490 e. The van der Waals surface area contributed by atoms with E-state index in [0.29, 0.717) is 28.3 Å². The number of nitrogen functional groups attached to an aromatic ring is 2. The predicted octanol–water partition coefficient (Wildman–Crippen LogP) is 3.46. The van der Waals surface area contributed by atoms with E-state index in [-0.39, 0.29) is 42.8 Å². The highest BCUT2D eigenvalue weighted by atomic mass is 16.5. The Kier molecular flexibility index (Phi) is 8.24. The lowest BCUT2D eigenvalue weighted by atomic mass is 10.1. The first kappa shape index (κ1) is 28.4. The zero-order chi connectivity index (χ0) is 29.8. The van der Waals surface area contributed by atoms with Crippen LogP contribution in [0.3, 0.4) is 0 Å². The second kappa shape index (κ2) is 12.2. The number of nitrogens with one attached hydrogen (secondary N) is 3. The van der Waals surface area contributed by atoms with Gasteiger partial charge in [0, 0.05) is 48.3 Å². The molecule has 0 bridgehead atoms. The molecule has 0 radical (unpaired) electrons. The lowest BCUT2D eigenvalue weighted by molar-refractivity contribution is -0.121. The van der Waals surface area contributed by atoms with Crippen molar-refractivity contribution in [2.45, 2.75) is 51.9 Å². The van der Waals surface area contributed by atoms with Crippen LogP contribution >= 0.6 is 0 Å². The lowest BCUT2D eigenvalue weighted by Crippen LogP contribution is -2.35. The van der Waals surface area contributed by atoms with Gasteiger partial charge in [0.2, 0.25) is 5.91 Å². The standard InChI is InChI=1S/C32H35N7O3/c1-19(2)38-31-32(41)39(18-29(40)36-16-20-7-9-21(10-8-20)30(34)35)28(17-37-31)24-11-25(33)15-27(14-24)42-26-12-22-5-3-4-6-23(22)13-26/h3-11,14-15,17,19,26H,12-13,16,18,33H2,1-2H3,(H3,34,35)(H,36,40)(H,37,38). The molecule has 42 heavy (non-hydrogen) atoms. The number of aromatic nitrogens is 2. The Morgan fingerprint density at radius 1 is 1.10 bits per heavy atom. The van der Waals surface area contributed by atoms with Crippen molar-refractivity contribution in [2.24, 2.45) is 5.73 Å². The van der Waals surface area contributed by atoms with E-state index < -0.39 is 5.56 Å². The van der Waals surface area contributed by atoms with E-state index in [1.807, 2.05) is 32.0 Å². The molecular weight excluding hydrogens is 530 g/mol. The molecule has 7 N–H and O–H groups in total. The van der Waals surface area contributed by atoms with Crippen molar-refractivity contribution in [3.8, 4) is 17.0 Å². The van der Waals surface area contributed by atoms with Crippen molar-refractivity contribution in [1.29, 1.82) is 5.41 Å². The first-order chi connectivity index (χ1) is 20.2. The maximum atomic E-state index is 13.5. The van der Waals surface area contributed by atoms with Crippen molar-refractivity contribution in [3.63, 3.8) is 0 Å². The summed E-state index contributed by atoms with van der Waals surface area (Å²) in [4.78, 5) is 31.0. The first-order valence-electron chi connectivity index (χ1n) is 13.9. The molecule has 0 aliphatic heterocycles. The van der Waals surface area contributed by atoms with Crippen LogP contribution in [0.4, 0.5) is 11.5 Å². The third-order valence-electron chi connectivity index (χ3n) is 7.08. The van der Waals surface area contributed by atoms with Gasteiger partial charge in [0.25, 0.3) is 5.56 Å². The first-order valence-corrected chi connectivity index (χ1v) is 13.9. The highest BCUT2D eigenvalue weighted by Gasteiger charge is 2.23. The molecule has 5 rings (SSSR count). The Balaban J connectivity index is 1.39. The van der Waals surface area contributed by atoms with Crippen LogP contribution in [0.2, 0.25) is 0 Å². The molecular formula is C32H35N7O3. The van der Waals surface area contributed by atoms with Crippen molar-refractivity contribution in [2.75, 3.05) is 11.1 Å². The number of carbonyl (C=O) groups is 1. The SMILES string of the molecule is CC(C)Nc1ncc(-c2cc(N)cc(OC3Cc4ccccc4C3)c2)n(CC(=O)NCc2ccc(C(=N)N)cc2)c1=O. The van der Waals surface area contributed by atoms with Gasteiger partial charge in [0.05, 0.1) is 11.9 Å². The fourth-order valence-corrected chi connectivity index (χ4v) is 5.08. The molecule has 0 saturated heterocycles. The van der Waals surface area contributed by atoms with Crippen LogP contribution in [0.15, 0.2) is 77.7 Å². The molecule has 0 atom stereocenters. The van der Waals surface area contributed by atoms with E-state index in [2.05, 4.69) is 27.8 Å². The van der Waals surface area contributed by atoms with Gasteiger partial charge in [0.1, 0.15) is 24.2 Å². The van der Waals surface area contributed by atoms with E-state index in [9.17, 15) is 9.59 Å². The Labute approximate surface area is 244 Å². The minimum atomic E-state index is -0.418. The van der Waals surface area contributed by atoms with Gasteiger partial charge in [-0.15, -0.1) is 0 Å². The molecule has 0 spiro atoms. The van der Waals surface area contributed by atoms with Crippen LogP contribution in [0, 0.1) is 5.41 Å². The number of hydrogen-bond donors (Lipinski definition) is 5. The lowest BCUT2D eigenvalue weighted by Gasteiger charge is -2.18. The maximum Gasteiger partial charge on any atom is 0.294 e. The number of carbonyl (C=O) groups excluding carboxylic acids is 1. The van der Waals surface area contributed by atoms with Gasteiger partial charge in [-0.05, 0) is 42.7 Å². The van der Waals surface area contributed by atoms with Crippen molar-refractivity contribution < 1.29 is 9.53 Å². The van der Waals surface area contributed by atoms with Gasteiger partial charge in [-0.3, -0.25) is 19.6 Å². The number of nitrogens with two attached hydrogens (primary N) is 2. The normalized spacial score (nSPS) is 12.6. The minimum absolute atomic E-state index is 0.0229. The third kappa shape index (κ3) is 6.60. The number of anilines is 2. The molecule has 1 aliphatic rings.